The van der Waals surface area contributed by atoms with Gasteiger partial charge in [0, 0.05) is 11.4 Å². The van der Waals surface area contributed by atoms with Gasteiger partial charge in [0.2, 0.25) is 0 Å². The number of thiophene rings is 1. The summed E-state index contributed by atoms with van der Waals surface area (Å²) in [5.41, 5.74) is 1.22. The van der Waals surface area contributed by atoms with E-state index in [2.05, 4.69) is 35.4 Å². The molecule has 0 aromatic carbocycles. The molecule has 2 aromatic rings. The number of rotatable bonds is 5. The molecule has 2 heterocycles. The van der Waals surface area contributed by atoms with E-state index in [0.717, 1.165) is 4.88 Å². The van der Waals surface area contributed by atoms with Crippen molar-refractivity contribution in [3.63, 3.8) is 0 Å². The number of nitrogens with zero attached hydrogens (tertiary/aromatic N) is 4. The molecule has 102 valence electrons. The van der Waals surface area contributed by atoms with E-state index in [1.807, 2.05) is 0 Å². The van der Waals surface area contributed by atoms with Gasteiger partial charge in [-0.2, -0.15) is 0 Å². The van der Waals surface area contributed by atoms with Crippen LogP contribution in [-0.2, 0) is 11.3 Å². The van der Waals surface area contributed by atoms with Crippen molar-refractivity contribution in [2.24, 2.45) is 5.92 Å². The van der Waals surface area contributed by atoms with Crippen molar-refractivity contribution in [3.8, 4) is 10.7 Å². The number of hydrogen-bond donors (Lipinski definition) is 1. The van der Waals surface area contributed by atoms with Gasteiger partial charge in [0.05, 0.1) is 10.8 Å². The normalized spacial score (nSPS) is 12.6. The van der Waals surface area contributed by atoms with Gasteiger partial charge in [-0.15, -0.1) is 16.4 Å². The molecule has 2 aromatic heterocycles. The van der Waals surface area contributed by atoms with E-state index in [9.17, 15) is 4.79 Å². The van der Waals surface area contributed by atoms with Gasteiger partial charge in [0.25, 0.3) is 0 Å². The second-order valence-corrected chi connectivity index (χ2v) is 5.86. The second kappa shape index (κ2) is 5.48. The lowest BCUT2D eigenvalue weighted by Gasteiger charge is -2.06. The van der Waals surface area contributed by atoms with Crippen LogP contribution in [0.25, 0.3) is 10.7 Å². The topological polar surface area (TPSA) is 80.9 Å². The summed E-state index contributed by atoms with van der Waals surface area (Å²) in [7, 11) is 0. The first-order chi connectivity index (χ1) is 8.99. The standard InChI is InChI=1S/C12H16N4O2S/c1-7(12(17)18)4-5-16-11(13-14-15-16)10-6-8(2)9(3)19-10/h6-7H,4-5H2,1-3H3,(H,17,18). The maximum atomic E-state index is 10.8. The van der Waals surface area contributed by atoms with Crippen LogP contribution >= 0.6 is 11.3 Å². The Bertz CT molecular complexity index is 571. The van der Waals surface area contributed by atoms with E-state index in [1.165, 1.54) is 10.4 Å². The van der Waals surface area contributed by atoms with Crippen LogP contribution in [0.4, 0.5) is 0 Å². The minimum Gasteiger partial charge on any atom is -0.481 e. The van der Waals surface area contributed by atoms with Gasteiger partial charge in [-0.1, -0.05) is 6.92 Å². The summed E-state index contributed by atoms with van der Waals surface area (Å²) in [5, 5.41) is 20.5. The third-order valence-electron chi connectivity index (χ3n) is 3.11. The van der Waals surface area contributed by atoms with Crippen molar-refractivity contribution in [1.29, 1.82) is 0 Å². The number of aliphatic carboxylic acids is 1. The summed E-state index contributed by atoms with van der Waals surface area (Å²) < 4.78 is 1.67. The summed E-state index contributed by atoms with van der Waals surface area (Å²) >= 11 is 1.65. The van der Waals surface area contributed by atoms with Crippen molar-refractivity contribution in [3.05, 3.63) is 16.5 Å². The summed E-state index contributed by atoms with van der Waals surface area (Å²) in [6.45, 7) is 6.30. The fraction of sp³-hybridized carbons (Fsp3) is 0.500. The molecule has 0 aliphatic carbocycles. The van der Waals surface area contributed by atoms with Gasteiger partial charge in [-0.3, -0.25) is 4.79 Å². The molecule has 0 radical (unpaired) electrons. The molecule has 0 fully saturated rings. The smallest absolute Gasteiger partial charge is 0.306 e. The molecular formula is C12H16N4O2S. The fourth-order valence-corrected chi connectivity index (χ4v) is 2.68. The highest BCUT2D eigenvalue weighted by Crippen LogP contribution is 2.28. The molecule has 0 aliphatic heterocycles. The van der Waals surface area contributed by atoms with Crippen molar-refractivity contribution in [1.82, 2.24) is 20.2 Å². The van der Waals surface area contributed by atoms with Gasteiger partial charge in [-0.25, -0.2) is 4.68 Å². The maximum absolute atomic E-state index is 10.8. The summed E-state index contributed by atoms with van der Waals surface area (Å²) in [6.07, 6.45) is 0.511. The zero-order valence-electron chi connectivity index (χ0n) is 11.1. The third kappa shape index (κ3) is 2.98. The van der Waals surface area contributed by atoms with Gasteiger partial charge in [0.15, 0.2) is 5.82 Å². The van der Waals surface area contributed by atoms with Gasteiger partial charge >= 0.3 is 5.97 Å². The van der Waals surface area contributed by atoms with Crippen LogP contribution < -0.4 is 0 Å². The molecule has 0 saturated heterocycles. The molecule has 6 nitrogen and oxygen atoms in total. The lowest BCUT2D eigenvalue weighted by molar-refractivity contribution is -0.141. The minimum absolute atomic E-state index is 0.399. The van der Waals surface area contributed by atoms with Crippen molar-refractivity contribution < 1.29 is 9.90 Å². The Kier molecular flexibility index (Phi) is 3.94. The summed E-state index contributed by atoms with van der Waals surface area (Å²) in [6, 6.07) is 2.06. The number of carbonyl (C=O) groups is 1. The monoisotopic (exact) mass is 280 g/mol. The lowest BCUT2D eigenvalue weighted by atomic mass is 10.1. The third-order valence-corrected chi connectivity index (χ3v) is 4.26. The van der Waals surface area contributed by atoms with E-state index >= 15 is 0 Å². The predicted molar refractivity (Wildman–Crippen MR) is 72.0 cm³/mol. The fourth-order valence-electron chi connectivity index (χ4n) is 1.65. The zero-order chi connectivity index (χ0) is 14.0. The van der Waals surface area contributed by atoms with Gasteiger partial charge < -0.3 is 5.11 Å². The van der Waals surface area contributed by atoms with E-state index in [0.29, 0.717) is 18.8 Å². The molecule has 0 saturated carbocycles. The zero-order valence-corrected chi connectivity index (χ0v) is 11.9. The Morgan fingerprint density at radius 1 is 1.53 bits per heavy atom. The molecule has 7 heteroatoms. The van der Waals surface area contributed by atoms with E-state index in [1.54, 1.807) is 22.9 Å². The second-order valence-electron chi connectivity index (χ2n) is 4.60. The number of aromatic nitrogens is 4. The van der Waals surface area contributed by atoms with Crippen LogP contribution in [-0.4, -0.2) is 31.3 Å². The Balaban J connectivity index is 2.16. The first-order valence-electron chi connectivity index (χ1n) is 6.05. The average molecular weight is 280 g/mol. The van der Waals surface area contributed by atoms with Crippen LogP contribution in [0, 0.1) is 19.8 Å². The Labute approximate surface area is 115 Å². The number of hydrogen-bond acceptors (Lipinski definition) is 5. The highest BCUT2D eigenvalue weighted by atomic mass is 32.1. The number of carboxylic acids is 1. The SMILES string of the molecule is Cc1cc(-c2nnnn2CCC(C)C(=O)O)sc1C. The highest BCUT2D eigenvalue weighted by molar-refractivity contribution is 7.15. The molecule has 19 heavy (non-hydrogen) atoms. The molecule has 1 atom stereocenters. The van der Waals surface area contributed by atoms with Gasteiger partial charge in [-0.05, 0) is 42.3 Å². The molecule has 0 spiro atoms. The summed E-state index contributed by atoms with van der Waals surface area (Å²) in [5.74, 6) is -0.486. The number of aryl methyl sites for hydroxylation is 3. The summed E-state index contributed by atoms with van der Waals surface area (Å²) in [4.78, 5) is 13.1. The highest BCUT2D eigenvalue weighted by Gasteiger charge is 2.15. The Morgan fingerprint density at radius 2 is 2.26 bits per heavy atom. The number of tetrazole rings is 1. The Morgan fingerprint density at radius 3 is 2.84 bits per heavy atom. The van der Waals surface area contributed by atoms with Crippen molar-refractivity contribution >= 4 is 17.3 Å². The molecule has 0 amide bonds. The quantitative estimate of drug-likeness (QED) is 0.907. The largest absolute Gasteiger partial charge is 0.481 e. The minimum atomic E-state index is -0.794. The average Bonchev–Trinajstić information content (AvgIpc) is 2.93. The van der Waals surface area contributed by atoms with Crippen LogP contribution in [0.5, 0.6) is 0 Å². The van der Waals surface area contributed by atoms with E-state index in [-0.39, 0.29) is 0 Å². The lowest BCUT2D eigenvalue weighted by Crippen LogP contribution is -2.13. The van der Waals surface area contributed by atoms with Crippen LogP contribution in [0.1, 0.15) is 23.8 Å². The number of carboxylic acid groups (broad SMARTS) is 1. The van der Waals surface area contributed by atoms with Crippen molar-refractivity contribution in [2.45, 2.75) is 33.7 Å². The van der Waals surface area contributed by atoms with Crippen LogP contribution in [0.2, 0.25) is 0 Å². The molecule has 0 aliphatic rings. The molecule has 1 N–H and O–H groups in total. The van der Waals surface area contributed by atoms with Crippen LogP contribution in [0.3, 0.4) is 0 Å². The predicted octanol–water partition coefficient (Wildman–Crippen LogP) is 2.13. The molecule has 1 unspecified atom stereocenters. The van der Waals surface area contributed by atoms with Crippen LogP contribution in [0.15, 0.2) is 6.07 Å². The first kappa shape index (κ1) is 13.7. The van der Waals surface area contributed by atoms with Crippen molar-refractivity contribution in [2.75, 3.05) is 0 Å². The van der Waals surface area contributed by atoms with E-state index < -0.39 is 11.9 Å². The molecule has 0 bridgehead atoms. The maximum Gasteiger partial charge on any atom is 0.306 e. The van der Waals surface area contributed by atoms with Gasteiger partial charge in [0.1, 0.15) is 0 Å². The molecular weight excluding hydrogens is 264 g/mol. The Hall–Kier alpha value is -1.76. The van der Waals surface area contributed by atoms with E-state index in [4.69, 9.17) is 5.11 Å². The first-order valence-corrected chi connectivity index (χ1v) is 6.87. The molecule has 2 rings (SSSR count).